The molecule has 0 spiro atoms. The van der Waals surface area contributed by atoms with Gasteiger partial charge in [-0.1, -0.05) is 47.5 Å². The molecule has 0 aromatic heterocycles. The maximum atomic E-state index is 12.0. The molecule has 1 aliphatic carbocycles. The number of halogens is 1. The van der Waals surface area contributed by atoms with Crippen LogP contribution in [0.5, 0.6) is 0 Å². The number of aryl methyl sites for hydroxylation is 1. The van der Waals surface area contributed by atoms with E-state index in [1.807, 2.05) is 60.5 Å². The number of hydrogen-bond donors (Lipinski definition) is 0. The highest BCUT2D eigenvalue weighted by Crippen LogP contribution is 2.41. The number of hydrogen-bond acceptors (Lipinski definition) is 3. The molecule has 0 saturated heterocycles. The Kier molecular flexibility index (Phi) is 4.61. The molecule has 1 atom stereocenters. The first-order valence-corrected chi connectivity index (χ1v) is 9.87. The Morgan fingerprint density at radius 1 is 1.08 bits per heavy atom. The maximum Gasteiger partial charge on any atom is 0.0680 e. The van der Waals surface area contributed by atoms with Crippen LogP contribution >= 0.6 is 11.6 Å². The summed E-state index contributed by atoms with van der Waals surface area (Å²) in [5.41, 5.74) is 6.07. The molecule has 1 heterocycles. The molecule has 4 rings (SSSR count). The Hall–Kier alpha value is -2.08. The van der Waals surface area contributed by atoms with Crippen molar-refractivity contribution in [2.24, 2.45) is 0 Å². The number of rotatable bonds is 3. The molecule has 2 aliphatic rings. The van der Waals surface area contributed by atoms with Gasteiger partial charge in [0.15, 0.2) is 0 Å². The second kappa shape index (κ2) is 6.91. The van der Waals surface area contributed by atoms with E-state index in [0.29, 0.717) is 18.0 Å². The third-order valence-corrected chi connectivity index (χ3v) is 5.74. The summed E-state index contributed by atoms with van der Waals surface area (Å²) in [6.07, 6.45) is 3.71. The van der Waals surface area contributed by atoms with Crippen LogP contribution in [-0.2, 0) is 11.3 Å². The van der Waals surface area contributed by atoms with E-state index in [4.69, 9.17) is 11.6 Å². The van der Waals surface area contributed by atoms with E-state index in [9.17, 15) is 8.76 Å². The monoisotopic (exact) mass is 385 g/mol. The van der Waals surface area contributed by atoms with Gasteiger partial charge in [-0.2, -0.15) is 0 Å². The van der Waals surface area contributed by atoms with Crippen LogP contribution in [-0.4, -0.2) is 19.7 Å². The van der Waals surface area contributed by atoms with Crippen molar-refractivity contribution < 1.29 is 8.76 Å². The molecule has 1 unspecified atom stereocenters. The van der Waals surface area contributed by atoms with Gasteiger partial charge >= 0.3 is 0 Å². The largest absolute Gasteiger partial charge is 0.754 e. The van der Waals surface area contributed by atoms with Crippen LogP contribution in [0.15, 0.2) is 65.9 Å². The number of nitrogens with zero attached hydrogens (tertiary/aromatic N) is 2. The van der Waals surface area contributed by atoms with Crippen LogP contribution < -0.4 is 5.01 Å². The summed E-state index contributed by atoms with van der Waals surface area (Å²) in [6, 6.07) is 15.6. The molecule has 0 fully saturated rings. The molecule has 1 aliphatic heterocycles. The standard InChI is InChI=1S/C20H19ClN2O2S/c1-14-5-11-17(12-6-14)22-13-19-18(15-7-9-16(21)10-8-15)3-2-4-20(19)23(22)26(24)25/h3,5-12H,2,4,13H2,1H3,(H,24,25)/p-1. The Labute approximate surface area is 160 Å². The van der Waals surface area contributed by atoms with E-state index in [2.05, 4.69) is 6.08 Å². The van der Waals surface area contributed by atoms with Crippen molar-refractivity contribution in [3.05, 3.63) is 82.0 Å². The highest BCUT2D eigenvalue weighted by Gasteiger charge is 2.34. The molecule has 6 heteroatoms. The third kappa shape index (κ3) is 3.07. The lowest BCUT2D eigenvalue weighted by Gasteiger charge is -2.34. The smallest absolute Gasteiger partial charge is 0.0680 e. The number of allylic oxidation sites excluding steroid dienone is 2. The lowest BCUT2D eigenvalue weighted by atomic mass is 9.90. The zero-order valence-corrected chi connectivity index (χ0v) is 15.9. The SMILES string of the molecule is Cc1ccc(N2CC3=C(CCC=C3c3ccc(Cl)cc3)N2S(=O)[O-])cc1. The van der Waals surface area contributed by atoms with E-state index in [1.165, 1.54) is 4.41 Å². The number of hydrazine groups is 1. The van der Waals surface area contributed by atoms with Gasteiger partial charge in [0.05, 0.1) is 29.2 Å². The summed E-state index contributed by atoms with van der Waals surface area (Å²) in [4.78, 5) is 0. The summed E-state index contributed by atoms with van der Waals surface area (Å²) in [5, 5.41) is 2.51. The molecular weight excluding hydrogens is 368 g/mol. The molecule has 2 aromatic carbocycles. The van der Waals surface area contributed by atoms with Gasteiger partial charge in [0.25, 0.3) is 0 Å². The molecule has 0 radical (unpaired) electrons. The minimum absolute atomic E-state index is 0.529. The van der Waals surface area contributed by atoms with Gasteiger partial charge in [-0.15, -0.1) is 0 Å². The molecule has 0 N–H and O–H groups in total. The van der Waals surface area contributed by atoms with Crippen molar-refractivity contribution in [3.8, 4) is 0 Å². The Morgan fingerprint density at radius 2 is 1.77 bits per heavy atom. The first-order valence-electron chi connectivity index (χ1n) is 8.47. The highest BCUT2D eigenvalue weighted by atomic mass is 35.5. The van der Waals surface area contributed by atoms with Crippen LogP contribution in [0.25, 0.3) is 5.57 Å². The van der Waals surface area contributed by atoms with Gasteiger partial charge in [0.2, 0.25) is 0 Å². The summed E-state index contributed by atoms with van der Waals surface area (Å²) in [5.74, 6) is 0. The van der Waals surface area contributed by atoms with Gasteiger partial charge in [-0.05, 0) is 55.2 Å². The third-order valence-electron chi connectivity index (χ3n) is 4.79. The van der Waals surface area contributed by atoms with Crippen molar-refractivity contribution in [3.63, 3.8) is 0 Å². The van der Waals surface area contributed by atoms with E-state index in [1.54, 1.807) is 0 Å². The van der Waals surface area contributed by atoms with Crippen molar-refractivity contribution in [2.45, 2.75) is 19.8 Å². The summed E-state index contributed by atoms with van der Waals surface area (Å²) in [6.45, 7) is 2.54. The first kappa shape index (κ1) is 17.3. The van der Waals surface area contributed by atoms with Crippen molar-refractivity contribution in [1.82, 2.24) is 4.41 Å². The molecule has 26 heavy (non-hydrogen) atoms. The minimum atomic E-state index is -2.37. The molecule has 0 saturated carbocycles. The fourth-order valence-electron chi connectivity index (χ4n) is 3.53. The van der Waals surface area contributed by atoms with Crippen LogP contribution in [0.2, 0.25) is 5.02 Å². The minimum Gasteiger partial charge on any atom is -0.754 e. The fraction of sp³-hybridized carbons (Fsp3) is 0.200. The normalized spacial score (nSPS) is 18.0. The van der Waals surface area contributed by atoms with Crippen LogP contribution in [0.1, 0.15) is 24.0 Å². The van der Waals surface area contributed by atoms with E-state index in [-0.39, 0.29) is 0 Å². The highest BCUT2D eigenvalue weighted by molar-refractivity contribution is 7.76. The molecule has 0 amide bonds. The van der Waals surface area contributed by atoms with Crippen LogP contribution in [0.4, 0.5) is 5.69 Å². The molecular formula is C20H18ClN2O2S-. The van der Waals surface area contributed by atoms with E-state index >= 15 is 0 Å². The molecule has 4 nitrogen and oxygen atoms in total. The topological polar surface area (TPSA) is 46.6 Å². The van der Waals surface area contributed by atoms with Gasteiger partial charge in [0.1, 0.15) is 0 Å². The number of benzene rings is 2. The van der Waals surface area contributed by atoms with Gasteiger partial charge in [-0.3, -0.25) is 9.22 Å². The second-order valence-corrected chi connectivity index (χ2v) is 7.69. The van der Waals surface area contributed by atoms with Gasteiger partial charge in [0, 0.05) is 10.6 Å². The average molecular weight is 386 g/mol. The summed E-state index contributed by atoms with van der Waals surface area (Å²) < 4.78 is 25.4. The fourth-order valence-corrected chi connectivity index (χ4v) is 4.36. The predicted molar refractivity (Wildman–Crippen MR) is 105 cm³/mol. The molecule has 2 aromatic rings. The van der Waals surface area contributed by atoms with Gasteiger partial charge < -0.3 is 4.55 Å². The predicted octanol–water partition coefficient (Wildman–Crippen LogP) is 4.61. The summed E-state index contributed by atoms with van der Waals surface area (Å²) in [7, 11) is 0. The van der Waals surface area contributed by atoms with E-state index in [0.717, 1.165) is 40.1 Å². The zero-order chi connectivity index (χ0) is 18.3. The second-order valence-electron chi connectivity index (χ2n) is 6.47. The first-order chi connectivity index (χ1) is 12.5. The summed E-state index contributed by atoms with van der Waals surface area (Å²) >= 11 is 3.65. The van der Waals surface area contributed by atoms with Crippen LogP contribution in [0, 0.1) is 6.92 Å². The zero-order valence-electron chi connectivity index (χ0n) is 14.3. The number of anilines is 1. The average Bonchev–Trinajstić information content (AvgIpc) is 3.03. The van der Waals surface area contributed by atoms with Crippen molar-refractivity contribution in [1.29, 1.82) is 0 Å². The van der Waals surface area contributed by atoms with E-state index < -0.39 is 11.3 Å². The quantitative estimate of drug-likeness (QED) is 0.725. The molecule has 134 valence electrons. The lowest BCUT2D eigenvalue weighted by Crippen LogP contribution is -2.38. The van der Waals surface area contributed by atoms with Crippen molar-refractivity contribution in [2.75, 3.05) is 11.6 Å². The lowest BCUT2D eigenvalue weighted by molar-refractivity contribution is 0.432. The Bertz CT molecular complexity index is 920. The Balaban J connectivity index is 1.74. The van der Waals surface area contributed by atoms with Crippen molar-refractivity contribution >= 4 is 34.1 Å². The maximum absolute atomic E-state index is 12.0. The van der Waals surface area contributed by atoms with Gasteiger partial charge in [-0.25, -0.2) is 4.41 Å². The Morgan fingerprint density at radius 3 is 2.42 bits per heavy atom. The molecule has 0 bridgehead atoms. The van der Waals surface area contributed by atoms with Crippen LogP contribution in [0.3, 0.4) is 0 Å².